The molecule has 2 nitrogen and oxygen atoms in total. The summed E-state index contributed by atoms with van der Waals surface area (Å²) in [5.41, 5.74) is 4.94. The monoisotopic (exact) mass is 372 g/mol. The van der Waals surface area contributed by atoms with Crippen LogP contribution in [0.25, 0.3) is 15.7 Å². The van der Waals surface area contributed by atoms with Crippen LogP contribution in [0.3, 0.4) is 0 Å². The minimum atomic E-state index is -0.174. The van der Waals surface area contributed by atoms with Crippen molar-refractivity contribution in [3.8, 4) is 0 Å². The Morgan fingerprint density at radius 3 is 2.57 bits per heavy atom. The lowest BCUT2D eigenvalue weighted by atomic mass is 9.50. The standard InChI is InChI=1S/C26H32N2/c1-9-24(3,4)22-21-19-16(12-11-13-18(19)28-22)25(5,6)17-14-15-26(7,10-2)23(27-8)20(17)21/h9-13,17,20,23,28H,1-2,14-15H2,3-7H3/t17-,20-,23+,26-/m0/s1. The van der Waals surface area contributed by atoms with Gasteiger partial charge >= 0.3 is 0 Å². The number of nitrogens with one attached hydrogen (secondary N) is 1. The molecule has 1 fully saturated rings. The number of nitrogens with zero attached hydrogens (tertiary/aromatic N) is 1. The van der Waals surface area contributed by atoms with Crippen LogP contribution in [-0.2, 0) is 10.8 Å². The summed E-state index contributed by atoms with van der Waals surface area (Å²) in [6, 6.07) is 6.57. The zero-order valence-corrected chi connectivity index (χ0v) is 17.9. The van der Waals surface area contributed by atoms with Gasteiger partial charge in [-0.15, -0.1) is 13.2 Å². The highest BCUT2D eigenvalue weighted by Gasteiger charge is 2.58. The average Bonchev–Trinajstić information content (AvgIpc) is 3.06. The first-order chi connectivity index (χ1) is 13.1. The molecule has 0 amide bonds. The number of aromatic nitrogens is 1. The topological polar surface area (TPSA) is 20.1 Å². The van der Waals surface area contributed by atoms with Crippen LogP contribution in [0.1, 0.15) is 70.2 Å². The molecule has 0 aliphatic heterocycles. The predicted octanol–water partition coefficient (Wildman–Crippen LogP) is 6.90. The molecule has 2 aliphatic carbocycles. The molecule has 2 aliphatic rings. The molecular weight excluding hydrogens is 340 g/mol. The maximum Gasteiger partial charge on any atom is 0.239 e. The van der Waals surface area contributed by atoms with Crippen LogP contribution < -0.4 is 0 Å². The number of H-pyrrole nitrogens is 1. The number of aromatic amines is 1. The van der Waals surface area contributed by atoms with Gasteiger partial charge in [-0.2, -0.15) is 0 Å². The van der Waals surface area contributed by atoms with E-state index in [-0.39, 0.29) is 28.2 Å². The van der Waals surface area contributed by atoms with Crippen molar-refractivity contribution in [1.82, 2.24) is 4.98 Å². The fourth-order valence-corrected chi connectivity index (χ4v) is 6.00. The molecule has 146 valence electrons. The van der Waals surface area contributed by atoms with Gasteiger partial charge in [-0.25, -0.2) is 6.57 Å². The molecule has 4 rings (SSSR count). The van der Waals surface area contributed by atoms with Crippen molar-refractivity contribution < 1.29 is 0 Å². The van der Waals surface area contributed by atoms with Crippen molar-refractivity contribution in [3.05, 3.63) is 71.7 Å². The van der Waals surface area contributed by atoms with Gasteiger partial charge in [0.2, 0.25) is 6.04 Å². The lowest BCUT2D eigenvalue weighted by Gasteiger charge is -2.51. The second kappa shape index (κ2) is 5.86. The van der Waals surface area contributed by atoms with E-state index in [0.29, 0.717) is 5.92 Å². The van der Waals surface area contributed by atoms with E-state index in [0.717, 1.165) is 12.8 Å². The van der Waals surface area contributed by atoms with Gasteiger partial charge in [0.25, 0.3) is 0 Å². The largest absolute Gasteiger partial charge is 0.357 e. The lowest BCUT2D eigenvalue weighted by Crippen LogP contribution is -2.49. The smallest absolute Gasteiger partial charge is 0.239 e. The van der Waals surface area contributed by atoms with Crippen molar-refractivity contribution in [2.24, 2.45) is 11.3 Å². The zero-order valence-electron chi connectivity index (χ0n) is 17.9. The van der Waals surface area contributed by atoms with Crippen molar-refractivity contribution in [2.45, 2.75) is 70.3 Å². The summed E-state index contributed by atoms with van der Waals surface area (Å²) in [6.07, 6.45) is 6.23. The van der Waals surface area contributed by atoms with Crippen molar-refractivity contribution in [3.63, 3.8) is 0 Å². The number of hydrogen-bond donors (Lipinski definition) is 1. The van der Waals surface area contributed by atoms with Gasteiger partial charge in [0.05, 0.1) is 11.3 Å². The van der Waals surface area contributed by atoms with Gasteiger partial charge in [-0.3, -0.25) is 0 Å². The number of benzene rings is 1. The molecule has 0 radical (unpaired) electrons. The van der Waals surface area contributed by atoms with Crippen LogP contribution in [0.4, 0.5) is 0 Å². The summed E-state index contributed by atoms with van der Waals surface area (Å²) in [5, 5.41) is 1.35. The van der Waals surface area contributed by atoms with Gasteiger partial charge in [-0.1, -0.05) is 52.0 Å². The molecule has 2 aromatic rings. The molecule has 28 heavy (non-hydrogen) atoms. The molecule has 0 unspecified atom stereocenters. The maximum atomic E-state index is 8.16. The Morgan fingerprint density at radius 2 is 1.96 bits per heavy atom. The third kappa shape index (κ3) is 2.26. The molecule has 1 N–H and O–H groups in total. The highest BCUT2D eigenvalue weighted by atomic mass is 14.8. The normalized spacial score (nSPS) is 31.1. The Labute approximate surface area is 169 Å². The van der Waals surface area contributed by atoms with Crippen molar-refractivity contribution in [1.29, 1.82) is 0 Å². The summed E-state index contributed by atoms with van der Waals surface area (Å²) in [6.45, 7) is 27.8. The molecule has 1 saturated carbocycles. The SMILES string of the molecule is [C-]#[N+][C@@H]1[C@@H]2c3c(C(C)(C)C=C)[nH]c4cccc(c34)C(C)(C)[C@H]2CC[C@]1(C)C=C. The van der Waals surface area contributed by atoms with E-state index in [4.69, 9.17) is 6.57 Å². The van der Waals surface area contributed by atoms with Crippen LogP contribution >= 0.6 is 0 Å². The molecule has 4 atom stereocenters. The number of rotatable bonds is 3. The van der Waals surface area contributed by atoms with E-state index in [1.807, 2.05) is 12.2 Å². The molecule has 0 spiro atoms. The van der Waals surface area contributed by atoms with Gasteiger partial charge in [0.1, 0.15) is 0 Å². The summed E-state index contributed by atoms with van der Waals surface area (Å²) in [4.78, 5) is 8.00. The van der Waals surface area contributed by atoms with Crippen LogP contribution in [0.5, 0.6) is 0 Å². The highest BCUT2D eigenvalue weighted by molar-refractivity contribution is 5.91. The van der Waals surface area contributed by atoms with E-state index in [2.05, 4.69) is 75.8 Å². The van der Waals surface area contributed by atoms with E-state index >= 15 is 0 Å². The van der Waals surface area contributed by atoms with E-state index in [9.17, 15) is 0 Å². The zero-order chi connectivity index (χ0) is 20.5. The molecule has 2 heteroatoms. The Bertz CT molecular complexity index is 1010. The fraction of sp³-hybridized carbons (Fsp3) is 0.500. The Balaban J connectivity index is 2.13. The van der Waals surface area contributed by atoms with Gasteiger partial charge in [0.15, 0.2) is 0 Å². The summed E-state index contributed by atoms with van der Waals surface area (Å²) in [7, 11) is 0. The second-order valence-electron chi connectivity index (χ2n) is 10.2. The number of hydrogen-bond acceptors (Lipinski definition) is 0. The fourth-order valence-electron chi connectivity index (χ4n) is 6.00. The third-order valence-electron chi connectivity index (χ3n) is 8.02. The highest BCUT2D eigenvalue weighted by Crippen LogP contribution is 2.61. The van der Waals surface area contributed by atoms with Crippen molar-refractivity contribution in [2.75, 3.05) is 0 Å². The molecule has 0 saturated heterocycles. The van der Waals surface area contributed by atoms with Gasteiger partial charge in [-0.05, 0) is 48.3 Å². The quantitative estimate of drug-likeness (QED) is 0.447. The van der Waals surface area contributed by atoms with Crippen LogP contribution in [-0.4, -0.2) is 11.0 Å². The first kappa shape index (κ1) is 19.1. The van der Waals surface area contributed by atoms with Crippen molar-refractivity contribution >= 4 is 10.9 Å². The Morgan fingerprint density at radius 1 is 1.25 bits per heavy atom. The first-order valence-corrected chi connectivity index (χ1v) is 10.4. The minimum Gasteiger partial charge on any atom is -0.357 e. The number of allylic oxidation sites excluding steroid dienone is 1. The van der Waals surface area contributed by atoms with Gasteiger partial charge in [0, 0.05) is 22.0 Å². The van der Waals surface area contributed by atoms with E-state index in [1.165, 1.54) is 27.7 Å². The van der Waals surface area contributed by atoms with Crippen LogP contribution in [0, 0.1) is 17.9 Å². The lowest BCUT2D eigenvalue weighted by molar-refractivity contribution is 0.118. The molecule has 1 aromatic heterocycles. The maximum absolute atomic E-state index is 8.16. The predicted molar refractivity (Wildman–Crippen MR) is 119 cm³/mol. The first-order valence-electron chi connectivity index (χ1n) is 10.4. The number of fused-ring (bicyclic) bond motifs is 2. The molecule has 1 heterocycles. The molecular formula is C26H32N2. The minimum absolute atomic E-state index is 0.0421. The molecule has 0 bridgehead atoms. The average molecular weight is 373 g/mol. The molecule has 1 aromatic carbocycles. The Hall–Kier alpha value is -2.27. The van der Waals surface area contributed by atoms with E-state index < -0.39 is 0 Å². The van der Waals surface area contributed by atoms with E-state index in [1.54, 1.807) is 0 Å². The van der Waals surface area contributed by atoms with Crippen LogP contribution in [0.15, 0.2) is 43.5 Å². The second-order valence-corrected chi connectivity index (χ2v) is 10.2. The summed E-state index contributed by atoms with van der Waals surface area (Å²) in [5.74, 6) is 0.662. The third-order valence-corrected chi connectivity index (χ3v) is 8.02. The van der Waals surface area contributed by atoms with Crippen LogP contribution in [0.2, 0.25) is 0 Å². The van der Waals surface area contributed by atoms with Gasteiger partial charge < -0.3 is 9.83 Å². The Kier molecular flexibility index (Phi) is 3.99. The summed E-state index contributed by atoms with van der Waals surface area (Å²) >= 11 is 0. The summed E-state index contributed by atoms with van der Waals surface area (Å²) < 4.78 is 0.